The van der Waals surface area contributed by atoms with Crippen molar-refractivity contribution in [2.24, 2.45) is 5.92 Å². The number of aliphatic carboxylic acids is 1. The number of carboxylic acid groups (broad SMARTS) is 1. The highest BCUT2D eigenvalue weighted by Gasteiger charge is 2.30. The zero-order valence-corrected chi connectivity index (χ0v) is 11.3. The average Bonchev–Trinajstić information content (AvgIpc) is 2.82. The Bertz CT molecular complexity index is 519. The standard InChI is InChI=1S/C13H15ClN2O3/c1-8-2-3-11(10(14)6-8)15-13(19)16-5-4-9(7-16)12(17)18/h2-3,6,9H,4-5,7H2,1H3,(H,15,19)(H,17,18). The predicted molar refractivity (Wildman–Crippen MR) is 72.5 cm³/mol. The minimum absolute atomic E-state index is 0.241. The third-order valence-corrected chi connectivity index (χ3v) is 3.50. The Morgan fingerprint density at radius 3 is 2.79 bits per heavy atom. The van der Waals surface area contributed by atoms with Crippen molar-refractivity contribution in [3.05, 3.63) is 28.8 Å². The van der Waals surface area contributed by atoms with Gasteiger partial charge in [-0.1, -0.05) is 17.7 Å². The molecule has 1 unspecified atom stereocenters. The summed E-state index contributed by atoms with van der Waals surface area (Å²) in [7, 11) is 0. The Morgan fingerprint density at radius 2 is 2.21 bits per heavy atom. The van der Waals surface area contributed by atoms with Crippen LogP contribution in [0.25, 0.3) is 0 Å². The average molecular weight is 283 g/mol. The summed E-state index contributed by atoms with van der Waals surface area (Å²) in [6.07, 6.45) is 0.490. The van der Waals surface area contributed by atoms with Gasteiger partial charge in [-0.15, -0.1) is 0 Å². The van der Waals surface area contributed by atoms with Crippen molar-refractivity contribution in [3.63, 3.8) is 0 Å². The summed E-state index contributed by atoms with van der Waals surface area (Å²) >= 11 is 6.03. The highest BCUT2D eigenvalue weighted by atomic mass is 35.5. The fraction of sp³-hybridized carbons (Fsp3) is 0.385. The zero-order valence-electron chi connectivity index (χ0n) is 10.5. The number of aryl methyl sites for hydroxylation is 1. The Hall–Kier alpha value is -1.75. The van der Waals surface area contributed by atoms with Crippen LogP contribution in [0.1, 0.15) is 12.0 Å². The SMILES string of the molecule is Cc1ccc(NC(=O)N2CCC(C(=O)O)C2)c(Cl)c1. The molecule has 1 aliphatic heterocycles. The lowest BCUT2D eigenvalue weighted by Crippen LogP contribution is -2.33. The number of benzene rings is 1. The van der Waals surface area contributed by atoms with E-state index in [0.717, 1.165) is 5.56 Å². The second-order valence-electron chi connectivity index (χ2n) is 4.68. The van der Waals surface area contributed by atoms with E-state index in [1.807, 2.05) is 13.0 Å². The van der Waals surface area contributed by atoms with Crippen molar-refractivity contribution in [2.75, 3.05) is 18.4 Å². The van der Waals surface area contributed by atoms with Crippen LogP contribution in [0.3, 0.4) is 0 Å². The number of rotatable bonds is 2. The Kier molecular flexibility index (Phi) is 3.95. The normalized spacial score (nSPS) is 18.4. The summed E-state index contributed by atoms with van der Waals surface area (Å²) in [6, 6.07) is 5.04. The summed E-state index contributed by atoms with van der Waals surface area (Å²) in [5, 5.41) is 12.1. The maximum atomic E-state index is 12.0. The molecular weight excluding hydrogens is 268 g/mol. The molecule has 0 aromatic heterocycles. The van der Waals surface area contributed by atoms with E-state index in [-0.39, 0.29) is 12.6 Å². The second kappa shape index (κ2) is 5.48. The van der Waals surface area contributed by atoms with Gasteiger partial charge >= 0.3 is 12.0 Å². The number of nitrogens with zero attached hydrogens (tertiary/aromatic N) is 1. The minimum Gasteiger partial charge on any atom is -0.481 e. The lowest BCUT2D eigenvalue weighted by atomic mass is 10.1. The van der Waals surface area contributed by atoms with Gasteiger partial charge in [0.2, 0.25) is 0 Å². The van der Waals surface area contributed by atoms with Crippen LogP contribution in [0.15, 0.2) is 18.2 Å². The van der Waals surface area contributed by atoms with Gasteiger partial charge in [-0.3, -0.25) is 4.79 Å². The van der Waals surface area contributed by atoms with E-state index in [9.17, 15) is 9.59 Å². The number of anilines is 1. The first-order valence-corrected chi connectivity index (χ1v) is 6.40. The van der Waals surface area contributed by atoms with Crippen LogP contribution in [0.4, 0.5) is 10.5 Å². The van der Waals surface area contributed by atoms with Crippen molar-refractivity contribution in [2.45, 2.75) is 13.3 Å². The molecule has 19 heavy (non-hydrogen) atoms. The summed E-state index contributed by atoms with van der Waals surface area (Å²) in [5.74, 6) is -1.33. The van der Waals surface area contributed by atoms with Gasteiger partial charge in [0.05, 0.1) is 16.6 Å². The Labute approximate surface area is 116 Å². The van der Waals surface area contributed by atoms with E-state index < -0.39 is 11.9 Å². The van der Waals surface area contributed by atoms with E-state index >= 15 is 0 Å². The number of nitrogens with one attached hydrogen (secondary N) is 1. The molecule has 1 aliphatic rings. The van der Waals surface area contributed by atoms with Gasteiger partial charge < -0.3 is 15.3 Å². The lowest BCUT2D eigenvalue weighted by molar-refractivity contribution is -0.141. The van der Waals surface area contributed by atoms with Crippen LogP contribution in [-0.4, -0.2) is 35.1 Å². The van der Waals surface area contributed by atoms with E-state index in [0.29, 0.717) is 23.7 Å². The predicted octanol–water partition coefficient (Wildman–Crippen LogP) is 2.59. The van der Waals surface area contributed by atoms with Gasteiger partial charge in [0.15, 0.2) is 0 Å². The number of carboxylic acids is 1. The number of hydrogen-bond donors (Lipinski definition) is 2. The van der Waals surface area contributed by atoms with E-state index in [1.165, 1.54) is 4.90 Å². The van der Waals surface area contributed by atoms with Gasteiger partial charge in [-0.25, -0.2) is 4.79 Å². The zero-order chi connectivity index (χ0) is 14.0. The highest BCUT2D eigenvalue weighted by Crippen LogP contribution is 2.24. The molecule has 1 heterocycles. The van der Waals surface area contributed by atoms with Crippen molar-refractivity contribution in [1.29, 1.82) is 0 Å². The third kappa shape index (κ3) is 3.17. The smallest absolute Gasteiger partial charge is 0.321 e. The minimum atomic E-state index is -0.858. The second-order valence-corrected chi connectivity index (χ2v) is 5.09. The van der Waals surface area contributed by atoms with Crippen molar-refractivity contribution in [3.8, 4) is 0 Å². The van der Waals surface area contributed by atoms with Crippen LogP contribution in [0.2, 0.25) is 5.02 Å². The van der Waals surface area contributed by atoms with Gasteiger partial charge in [0.1, 0.15) is 0 Å². The maximum absolute atomic E-state index is 12.0. The summed E-state index contributed by atoms with van der Waals surface area (Å²) < 4.78 is 0. The molecule has 0 radical (unpaired) electrons. The monoisotopic (exact) mass is 282 g/mol. The number of halogens is 1. The largest absolute Gasteiger partial charge is 0.481 e. The van der Waals surface area contributed by atoms with Crippen molar-refractivity contribution < 1.29 is 14.7 Å². The molecule has 1 aromatic carbocycles. The quantitative estimate of drug-likeness (QED) is 0.876. The summed E-state index contributed by atoms with van der Waals surface area (Å²) in [5.41, 5.74) is 1.55. The van der Waals surface area contributed by atoms with Gasteiger partial charge in [-0.2, -0.15) is 0 Å². The summed E-state index contributed by atoms with van der Waals surface area (Å²) in [6.45, 7) is 2.60. The number of likely N-dealkylation sites (tertiary alicyclic amines) is 1. The molecule has 1 saturated heterocycles. The van der Waals surface area contributed by atoms with E-state index in [1.54, 1.807) is 12.1 Å². The van der Waals surface area contributed by atoms with E-state index in [4.69, 9.17) is 16.7 Å². The molecule has 0 aliphatic carbocycles. The van der Waals surface area contributed by atoms with Crippen LogP contribution in [-0.2, 0) is 4.79 Å². The number of amides is 2. The first-order chi connectivity index (χ1) is 8.97. The van der Waals surface area contributed by atoms with Gasteiger partial charge in [0.25, 0.3) is 0 Å². The Morgan fingerprint density at radius 1 is 1.47 bits per heavy atom. The number of carbonyl (C=O) groups excluding carboxylic acids is 1. The summed E-state index contributed by atoms with van der Waals surface area (Å²) in [4.78, 5) is 24.3. The van der Waals surface area contributed by atoms with Crippen molar-refractivity contribution in [1.82, 2.24) is 4.90 Å². The highest BCUT2D eigenvalue weighted by molar-refractivity contribution is 6.33. The van der Waals surface area contributed by atoms with Crippen LogP contribution < -0.4 is 5.32 Å². The lowest BCUT2D eigenvalue weighted by Gasteiger charge is -2.17. The maximum Gasteiger partial charge on any atom is 0.321 e. The molecule has 0 saturated carbocycles. The molecule has 6 heteroatoms. The molecule has 1 fully saturated rings. The number of hydrogen-bond acceptors (Lipinski definition) is 2. The third-order valence-electron chi connectivity index (χ3n) is 3.19. The fourth-order valence-electron chi connectivity index (χ4n) is 2.06. The van der Waals surface area contributed by atoms with Crippen LogP contribution in [0, 0.1) is 12.8 Å². The van der Waals surface area contributed by atoms with Gasteiger partial charge in [0, 0.05) is 13.1 Å². The van der Waals surface area contributed by atoms with Crippen LogP contribution >= 0.6 is 11.6 Å². The molecule has 0 bridgehead atoms. The molecular formula is C13H15ClN2O3. The Balaban J connectivity index is 2.00. The molecule has 2 N–H and O–H groups in total. The van der Waals surface area contributed by atoms with E-state index in [2.05, 4.69) is 5.32 Å². The molecule has 2 rings (SSSR count). The molecule has 1 aromatic rings. The molecule has 0 spiro atoms. The van der Waals surface area contributed by atoms with Gasteiger partial charge in [-0.05, 0) is 31.0 Å². The topological polar surface area (TPSA) is 69.6 Å². The number of urea groups is 1. The fourth-order valence-corrected chi connectivity index (χ4v) is 2.34. The van der Waals surface area contributed by atoms with Crippen molar-refractivity contribution >= 4 is 29.3 Å². The van der Waals surface area contributed by atoms with Crippen LogP contribution in [0.5, 0.6) is 0 Å². The first-order valence-electron chi connectivity index (χ1n) is 6.02. The first kappa shape index (κ1) is 13.7. The molecule has 5 nitrogen and oxygen atoms in total. The molecule has 102 valence electrons. The molecule has 2 amide bonds. The molecule has 1 atom stereocenters. The number of carbonyl (C=O) groups is 2.